The average molecular weight is 313 g/mol. The molecule has 21 heavy (non-hydrogen) atoms. The fourth-order valence-corrected chi connectivity index (χ4v) is 2.54. The Morgan fingerprint density at radius 3 is 2.57 bits per heavy atom. The lowest BCUT2D eigenvalue weighted by Crippen LogP contribution is -2.11. The van der Waals surface area contributed by atoms with E-state index in [9.17, 15) is 0 Å². The smallest absolute Gasteiger partial charge is 0.0701 e. The Kier molecular flexibility index (Phi) is 11.5. The summed E-state index contributed by atoms with van der Waals surface area (Å²) in [6.07, 6.45) is 0. The predicted octanol–water partition coefficient (Wildman–Crippen LogP) is 2.57. The van der Waals surface area contributed by atoms with Gasteiger partial charge in [0.2, 0.25) is 0 Å². The van der Waals surface area contributed by atoms with E-state index in [1.807, 2.05) is 11.8 Å². The molecule has 1 rings (SSSR count). The van der Waals surface area contributed by atoms with Crippen molar-refractivity contribution in [3.05, 3.63) is 29.8 Å². The van der Waals surface area contributed by atoms with Gasteiger partial charge in [0.1, 0.15) is 0 Å². The monoisotopic (exact) mass is 313 g/mol. The van der Waals surface area contributed by atoms with E-state index in [0.717, 1.165) is 25.4 Å². The van der Waals surface area contributed by atoms with Crippen molar-refractivity contribution in [1.29, 1.82) is 0 Å². The van der Waals surface area contributed by atoms with Crippen LogP contribution in [-0.4, -0.2) is 52.4 Å². The molecule has 1 aromatic rings. The SMILES string of the molecule is CCNCc1cccc(SCCOCCOCCOC)c1. The zero-order valence-corrected chi connectivity index (χ0v) is 13.9. The molecule has 0 saturated carbocycles. The summed E-state index contributed by atoms with van der Waals surface area (Å²) in [7, 11) is 1.67. The second-order valence-electron chi connectivity index (χ2n) is 4.49. The number of ether oxygens (including phenoxy) is 3. The molecule has 0 fully saturated rings. The minimum absolute atomic E-state index is 0.631. The van der Waals surface area contributed by atoms with Crippen molar-refractivity contribution < 1.29 is 14.2 Å². The lowest BCUT2D eigenvalue weighted by atomic mass is 10.2. The molecule has 0 aromatic heterocycles. The molecule has 0 aliphatic rings. The van der Waals surface area contributed by atoms with Crippen molar-refractivity contribution >= 4 is 11.8 Å². The summed E-state index contributed by atoms with van der Waals surface area (Å²) in [6.45, 7) is 7.34. The Hall–Kier alpha value is -0.590. The molecule has 0 heterocycles. The molecule has 0 atom stereocenters. The van der Waals surface area contributed by atoms with Gasteiger partial charge in [-0.1, -0.05) is 19.1 Å². The lowest BCUT2D eigenvalue weighted by Gasteiger charge is -2.07. The van der Waals surface area contributed by atoms with Gasteiger partial charge in [-0.05, 0) is 24.2 Å². The zero-order chi connectivity index (χ0) is 15.2. The van der Waals surface area contributed by atoms with Gasteiger partial charge in [0.15, 0.2) is 0 Å². The summed E-state index contributed by atoms with van der Waals surface area (Å²) < 4.78 is 15.8. The number of hydrogen-bond donors (Lipinski definition) is 1. The van der Waals surface area contributed by atoms with Crippen LogP contribution in [0.15, 0.2) is 29.2 Å². The average Bonchev–Trinajstić information content (AvgIpc) is 2.52. The van der Waals surface area contributed by atoms with Gasteiger partial charge in [-0.3, -0.25) is 0 Å². The molecule has 5 heteroatoms. The van der Waals surface area contributed by atoms with Gasteiger partial charge in [-0.2, -0.15) is 0 Å². The Morgan fingerprint density at radius 1 is 1.05 bits per heavy atom. The summed E-state index contributed by atoms with van der Waals surface area (Å²) in [5, 5.41) is 3.34. The van der Waals surface area contributed by atoms with Crippen LogP contribution in [0.25, 0.3) is 0 Å². The second-order valence-corrected chi connectivity index (χ2v) is 5.66. The van der Waals surface area contributed by atoms with Crippen molar-refractivity contribution in [3.63, 3.8) is 0 Å². The lowest BCUT2D eigenvalue weighted by molar-refractivity contribution is 0.0286. The molecule has 0 amide bonds. The molecule has 1 N–H and O–H groups in total. The number of benzene rings is 1. The van der Waals surface area contributed by atoms with E-state index in [1.165, 1.54) is 10.5 Å². The van der Waals surface area contributed by atoms with Crippen molar-refractivity contribution in [2.24, 2.45) is 0 Å². The van der Waals surface area contributed by atoms with Crippen molar-refractivity contribution in [2.45, 2.75) is 18.4 Å². The third kappa shape index (κ3) is 9.87. The maximum atomic E-state index is 5.53. The van der Waals surface area contributed by atoms with Crippen LogP contribution in [0.4, 0.5) is 0 Å². The summed E-state index contributed by atoms with van der Waals surface area (Å²) >= 11 is 1.83. The summed E-state index contributed by atoms with van der Waals surface area (Å²) in [4.78, 5) is 1.30. The first-order chi connectivity index (χ1) is 10.4. The minimum atomic E-state index is 0.631. The Labute approximate surface area is 132 Å². The van der Waals surface area contributed by atoms with Gasteiger partial charge in [0, 0.05) is 24.3 Å². The molecule has 0 saturated heterocycles. The van der Waals surface area contributed by atoms with E-state index >= 15 is 0 Å². The molecule has 4 nitrogen and oxygen atoms in total. The van der Waals surface area contributed by atoms with E-state index in [0.29, 0.717) is 26.4 Å². The van der Waals surface area contributed by atoms with Crippen molar-refractivity contribution in [3.8, 4) is 0 Å². The van der Waals surface area contributed by atoms with Crippen LogP contribution in [0.2, 0.25) is 0 Å². The van der Waals surface area contributed by atoms with E-state index in [4.69, 9.17) is 14.2 Å². The highest BCUT2D eigenvalue weighted by Gasteiger charge is 1.97. The molecule has 0 unspecified atom stereocenters. The van der Waals surface area contributed by atoms with Crippen molar-refractivity contribution in [1.82, 2.24) is 5.32 Å². The molecule has 1 aromatic carbocycles. The fraction of sp³-hybridized carbons (Fsp3) is 0.625. The number of hydrogen-bond acceptors (Lipinski definition) is 5. The largest absolute Gasteiger partial charge is 0.382 e. The van der Waals surface area contributed by atoms with Crippen LogP contribution in [-0.2, 0) is 20.8 Å². The minimum Gasteiger partial charge on any atom is -0.382 e. The highest BCUT2D eigenvalue weighted by Crippen LogP contribution is 2.18. The van der Waals surface area contributed by atoms with Gasteiger partial charge < -0.3 is 19.5 Å². The van der Waals surface area contributed by atoms with Crippen LogP contribution in [0.1, 0.15) is 12.5 Å². The molecule has 0 bridgehead atoms. The molecule has 0 spiro atoms. The summed E-state index contributed by atoms with van der Waals surface area (Å²) in [6, 6.07) is 8.65. The van der Waals surface area contributed by atoms with Crippen LogP contribution in [0.3, 0.4) is 0 Å². The Morgan fingerprint density at radius 2 is 1.81 bits per heavy atom. The molecule has 0 radical (unpaired) electrons. The first-order valence-corrected chi connectivity index (χ1v) is 8.42. The quantitative estimate of drug-likeness (QED) is 0.448. The first-order valence-electron chi connectivity index (χ1n) is 7.43. The van der Waals surface area contributed by atoms with Gasteiger partial charge in [0.05, 0.1) is 33.0 Å². The van der Waals surface area contributed by atoms with E-state index in [1.54, 1.807) is 7.11 Å². The van der Waals surface area contributed by atoms with Gasteiger partial charge in [-0.15, -0.1) is 11.8 Å². The number of methoxy groups -OCH3 is 1. The van der Waals surface area contributed by atoms with Gasteiger partial charge >= 0.3 is 0 Å². The van der Waals surface area contributed by atoms with E-state index < -0.39 is 0 Å². The third-order valence-corrected chi connectivity index (χ3v) is 3.74. The van der Waals surface area contributed by atoms with Crippen LogP contribution in [0, 0.1) is 0 Å². The first kappa shape index (κ1) is 18.5. The molecular weight excluding hydrogens is 286 g/mol. The second kappa shape index (κ2) is 13.1. The third-order valence-electron chi connectivity index (χ3n) is 2.78. The zero-order valence-electron chi connectivity index (χ0n) is 13.1. The van der Waals surface area contributed by atoms with Gasteiger partial charge in [-0.25, -0.2) is 0 Å². The number of thioether (sulfide) groups is 1. The maximum absolute atomic E-state index is 5.53. The van der Waals surface area contributed by atoms with Crippen molar-refractivity contribution in [2.75, 3.05) is 52.4 Å². The van der Waals surface area contributed by atoms with Crippen LogP contribution >= 0.6 is 11.8 Å². The summed E-state index contributed by atoms with van der Waals surface area (Å²) in [5.74, 6) is 0.961. The van der Waals surface area contributed by atoms with Crippen LogP contribution in [0.5, 0.6) is 0 Å². The normalized spacial score (nSPS) is 11.0. The predicted molar refractivity (Wildman–Crippen MR) is 88.1 cm³/mol. The number of nitrogens with one attached hydrogen (secondary N) is 1. The number of rotatable bonds is 13. The molecule has 0 aliphatic carbocycles. The molecule has 0 aliphatic heterocycles. The van der Waals surface area contributed by atoms with E-state index in [2.05, 4.69) is 36.5 Å². The Balaban J connectivity index is 2.04. The Bertz CT molecular complexity index is 363. The standard InChI is InChI=1S/C16H27NO3S/c1-3-17-14-15-5-4-6-16(13-15)21-12-11-20-10-9-19-8-7-18-2/h4-6,13,17H,3,7-12,14H2,1-2H3. The highest BCUT2D eigenvalue weighted by atomic mass is 32.2. The van der Waals surface area contributed by atoms with Crippen LogP contribution < -0.4 is 5.32 Å². The molecular formula is C16H27NO3S. The van der Waals surface area contributed by atoms with Gasteiger partial charge in [0.25, 0.3) is 0 Å². The van der Waals surface area contributed by atoms with E-state index in [-0.39, 0.29) is 0 Å². The molecule has 120 valence electrons. The summed E-state index contributed by atoms with van der Waals surface area (Å²) in [5.41, 5.74) is 1.33. The topological polar surface area (TPSA) is 39.7 Å². The maximum Gasteiger partial charge on any atom is 0.0701 e. The highest BCUT2D eigenvalue weighted by molar-refractivity contribution is 7.99. The fourth-order valence-electron chi connectivity index (χ4n) is 1.70.